The van der Waals surface area contributed by atoms with Crippen molar-refractivity contribution in [3.63, 3.8) is 0 Å². The van der Waals surface area contributed by atoms with Gasteiger partial charge in [-0.2, -0.15) is 0 Å². The monoisotopic (exact) mass is 545 g/mol. The van der Waals surface area contributed by atoms with Gasteiger partial charge in [-0.3, -0.25) is 4.79 Å². The molecule has 0 atom stereocenters. The minimum atomic E-state index is -0.515. The average Bonchev–Trinajstić information content (AvgIpc) is 2.82. The van der Waals surface area contributed by atoms with Gasteiger partial charge < -0.3 is 25.8 Å². The van der Waals surface area contributed by atoms with E-state index in [1.54, 1.807) is 6.07 Å². The Morgan fingerprint density at radius 1 is 0.974 bits per heavy atom. The summed E-state index contributed by atoms with van der Waals surface area (Å²) in [6, 6.07) is 5.51. The molecule has 10 nitrogen and oxygen atoms in total. The number of aryl methyl sites for hydroxylation is 2. The number of methoxy groups -OCH3 is 1. The van der Waals surface area contributed by atoms with Gasteiger partial charge in [0.25, 0.3) is 0 Å². The predicted octanol–water partition coefficient (Wildman–Crippen LogP) is 4.42. The molecule has 1 aromatic carbocycles. The highest BCUT2D eigenvalue weighted by atomic mass is 32.2. The zero-order valence-electron chi connectivity index (χ0n) is 23.1. The number of carbonyl (C=O) groups is 3. The SMILES string of the molecule is COC(=O)c1cc(-c2cc(SCCNC(=O)CCCCCNC(=O)OC(C)(C)C)nc(N)n2)c(C)cc1C. The number of thioether (sulfide) groups is 1. The van der Waals surface area contributed by atoms with Gasteiger partial charge in [0.1, 0.15) is 10.6 Å². The van der Waals surface area contributed by atoms with Gasteiger partial charge in [0.05, 0.1) is 18.4 Å². The molecule has 1 aromatic heterocycles. The number of carbonyl (C=O) groups excluding carboxylic acids is 3. The number of anilines is 1. The molecule has 2 amide bonds. The Hall–Kier alpha value is -3.34. The fourth-order valence-electron chi connectivity index (χ4n) is 3.64. The molecule has 1 heterocycles. The fourth-order valence-corrected chi connectivity index (χ4v) is 4.41. The lowest BCUT2D eigenvalue weighted by atomic mass is 9.98. The molecule has 0 radical (unpaired) electrons. The first kappa shape index (κ1) is 30.9. The van der Waals surface area contributed by atoms with Crippen LogP contribution in [0.5, 0.6) is 0 Å². The minimum Gasteiger partial charge on any atom is -0.465 e. The van der Waals surface area contributed by atoms with E-state index < -0.39 is 17.7 Å². The Labute approximate surface area is 228 Å². The summed E-state index contributed by atoms with van der Waals surface area (Å²) in [6.45, 7) is 10.3. The van der Waals surface area contributed by atoms with Crippen LogP contribution < -0.4 is 16.4 Å². The van der Waals surface area contributed by atoms with E-state index in [0.29, 0.717) is 41.5 Å². The van der Waals surface area contributed by atoms with Crippen molar-refractivity contribution in [3.8, 4) is 11.3 Å². The largest absolute Gasteiger partial charge is 0.465 e. The van der Waals surface area contributed by atoms with Crippen LogP contribution in [0.4, 0.5) is 10.7 Å². The van der Waals surface area contributed by atoms with Gasteiger partial charge in [0, 0.05) is 30.8 Å². The van der Waals surface area contributed by atoms with Crippen LogP contribution in [-0.4, -0.2) is 59.5 Å². The molecule has 0 fully saturated rings. The lowest BCUT2D eigenvalue weighted by molar-refractivity contribution is -0.121. The average molecular weight is 546 g/mol. The van der Waals surface area contributed by atoms with Gasteiger partial charge in [-0.15, -0.1) is 11.8 Å². The summed E-state index contributed by atoms with van der Waals surface area (Å²) in [7, 11) is 1.35. The Morgan fingerprint density at radius 3 is 2.39 bits per heavy atom. The van der Waals surface area contributed by atoms with E-state index in [1.165, 1.54) is 18.9 Å². The number of esters is 1. The summed E-state index contributed by atoms with van der Waals surface area (Å²) in [5.74, 6) is 0.324. The number of hydrogen-bond donors (Lipinski definition) is 3. The Kier molecular flexibility index (Phi) is 11.8. The van der Waals surface area contributed by atoms with E-state index in [4.69, 9.17) is 15.2 Å². The highest BCUT2D eigenvalue weighted by Crippen LogP contribution is 2.29. The Morgan fingerprint density at radius 2 is 1.71 bits per heavy atom. The fraction of sp³-hybridized carbons (Fsp3) is 0.519. The summed E-state index contributed by atoms with van der Waals surface area (Å²) in [6.07, 6.45) is 2.35. The van der Waals surface area contributed by atoms with Crippen LogP contribution in [0.2, 0.25) is 0 Å². The maximum atomic E-state index is 12.1. The summed E-state index contributed by atoms with van der Waals surface area (Å²) < 4.78 is 10.1. The van der Waals surface area contributed by atoms with Crippen molar-refractivity contribution in [2.45, 2.75) is 70.9 Å². The van der Waals surface area contributed by atoms with Crippen LogP contribution in [0.25, 0.3) is 11.3 Å². The second kappa shape index (κ2) is 14.6. The van der Waals surface area contributed by atoms with Crippen molar-refractivity contribution in [1.29, 1.82) is 0 Å². The smallest absolute Gasteiger partial charge is 0.407 e. The van der Waals surface area contributed by atoms with Gasteiger partial charge >= 0.3 is 12.1 Å². The normalized spacial score (nSPS) is 11.1. The van der Waals surface area contributed by atoms with Crippen molar-refractivity contribution in [1.82, 2.24) is 20.6 Å². The van der Waals surface area contributed by atoms with Crippen molar-refractivity contribution < 1.29 is 23.9 Å². The number of unbranched alkanes of at least 4 members (excludes halogenated alkanes) is 2. The number of nitrogen functional groups attached to an aromatic ring is 1. The predicted molar refractivity (Wildman–Crippen MR) is 149 cm³/mol. The molecule has 0 spiro atoms. The van der Waals surface area contributed by atoms with Gasteiger partial charge in [-0.25, -0.2) is 19.6 Å². The van der Waals surface area contributed by atoms with Gasteiger partial charge in [-0.1, -0.05) is 12.5 Å². The molecule has 0 aliphatic rings. The molecule has 0 saturated heterocycles. The van der Waals surface area contributed by atoms with Crippen LogP contribution >= 0.6 is 11.8 Å². The molecular formula is C27H39N5O5S. The van der Waals surface area contributed by atoms with E-state index in [-0.39, 0.29) is 11.9 Å². The zero-order valence-corrected chi connectivity index (χ0v) is 23.9. The summed E-state index contributed by atoms with van der Waals surface area (Å²) >= 11 is 1.46. The van der Waals surface area contributed by atoms with Crippen LogP contribution in [0.1, 0.15) is 67.9 Å². The van der Waals surface area contributed by atoms with Crippen molar-refractivity contribution in [3.05, 3.63) is 34.9 Å². The molecule has 0 aliphatic heterocycles. The minimum absolute atomic E-state index is 0.0146. The zero-order chi connectivity index (χ0) is 28.3. The highest BCUT2D eigenvalue weighted by molar-refractivity contribution is 7.99. The number of benzene rings is 1. The molecule has 208 valence electrons. The number of hydrogen-bond acceptors (Lipinski definition) is 9. The van der Waals surface area contributed by atoms with Crippen molar-refractivity contribution in [2.75, 3.05) is 31.7 Å². The molecule has 0 unspecified atom stereocenters. The number of nitrogens with one attached hydrogen (secondary N) is 2. The number of alkyl carbamates (subject to hydrolysis) is 1. The molecule has 2 rings (SSSR count). The third-order valence-electron chi connectivity index (χ3n) is 5.40. The van der Waals surface area contributed by atoms with Gasteiger partial charge in [0.2, 0.25) is 11.9 Å². The molecule has 0 saturated carbocycles. The first-order valence-electron chi connectivity index (χ1n) is 12.6. The maximum Gasteiger partial charge on any atom is 0.407 e. The van der Waals surface area contributed by atoms with Crippen molar-refractivity contribution >= 4 is 35.7 Å². The molecule has 0 aliphatic carbocycles. The molecule has 4 N–H and O–H groups in total. The van der Waals surface area contributed by atoms with Crippen LogP contribution in [0, 0.1) is 13.8 Å². The van der Waals surface area contributed by atoms with Crippen LogP contribution in [-0.2, 0) is 14.3 Å². The van der Waals surface area contributed by atoms with Crippen LogP contribution in [0.3, 0.4) is 0 Å². The third-order valence-corrected chi connectivity index (χ3v) is 6.31. The summed E-state index contributed by atoms with van der Waals surface area (Å²) in [4.78, 5) is 44.5. The number of rotatable bonds is 12. The summed E-state index contributed by atoms with van der Waals surface area (Å²) in [5, 5.41) is 6.31. The molecule has 11 heteroatoms. The van der Waals surface area contributed by atoms with E-state index in [2.05, 4.69) is 20.6 Å². The summed E-state index contributed by atoms with van der Waals surface area (Å²) in [5.41, 5.74) is 9.09. The van der Waals surface area contributed by atoms with Crippen molar-refractivity contribution in [2.24, 2.45) is 0 Å². The van der Waals surface area contributed by atoms with E-state index in [1.807, 2.05) is 46.8 Å². The van der Waals surface area contributed by atoms with E-state index in [0.717, 1.165) is 36.0 Å². The Balaban J connectivity index is 1.77. The number of nitrogens with two attached hydrogens (primary N) is 1. The molecule has 2 aromatic rings. The number of ether oxygens (including phenoxy) is 2. The maximum absolute atomic E-state index is 12.1. The number of nitrogens with zero attached hydrogens (tertiary/aromatic N) is 2. The Bertz CT molecular complexity index is 1130. The third kappa shape index (κ3) is 10.6. The van der Waals surface area contributed by atoms with Gasteiger partial charge in [-0.05, 0) is 70.7 Å². The number of amides is 2. The first-order valence-corrected chi connectivity index (χ1v) is 13.6. The first-order chi connectivity index (χ1) is 17.9. The lowest BCUT2D eigenvalue weighted by Crippen LogP contribution is -2.33. The molecule has 0 bridgehead atoms. The highest BCUT2D eigenvalue weighted by Gasteiger charge is 2.16. The van der Waals surface area contributed by atoms with E-state index >= 15 is 0 Å². The standard InChI is InChI=1S/C27H39N5O5S/c1-17-14-18(2)20(24(34)36-6)15-19(17)21-16-23(32-25(28)31-21)38-13-12-29-22(33)10-8-7-9-11-30-26(35)37-27(3,4)5/h14-16H,7-13H2,1-6H3,(H,29,33)(H,30,35)(H2,28,31,32). The van der Waals surface area contributed by atoms with Gasteiger partial charge in [0.15, 0.2) is 0 Å². The quantitative estimate of drug-likeness (QED) is 0.153. The number of aromatic nitrogens is 2. The molecule has 38 heavy (non-hydrogen) atoms. The molecular weight excluding hydrogens is 506 g/mol. The van der Waals surface area contributed by atoms with Crippen LogP contribution in [0.15, 0.2) is 23.2 Å². The lowest BCUT2D eigenvalue weighted by Gasteiger charge is -2.19. The topological polar surface area (TPSA) is 146 Å². The van der Waals surface area contributed by atoms with E-state index in [9.17, 15) is 14.4 Å². The second-order valence-electron chi connectivity index (χ2n) is 9.86. The second-order valence-corrected chi connectivity index (χ2v) is 11.0.